The summed E-state index contributed by atoms with van der Waals surface area (Å²) in [4.78, 5) is 0. The summed E-state index contributed by atoms with van der Waals surface area (Å²) >= 11 is -5.16. The van der Waals surface area contributed by atoms with Crippen molar-refractivity contribution >= 4 is 24.6 Å². The van der Waals surface area contributed by atoms with Crippen molar-refractivity contribution in [3.05, 3.63) is 0 Å². The number of rotatable bonds is 0. The number of hydrogen-bond acceptors (Lipinski definition) is 0. The second-order valence-corrected chi connectivity index (χ2v) is 1.88. The van der Waals surface area contributed by atoms with Crippen molar-refractivity contribution < 1.29 is 7.53 Å². The van der Waals surface area contributed by atoms with Crippen molar-refractivity contribution in [3.8, 4) is 0 Å². The number of hydrogen-bond donors (Lipinski definition) is 0. The third kappa shape index (κ3) is 15.7. The molecule has 0 aliphatic carbocycles. The summed E-state index contributed by atoms with van der Waals surface area (Å²) in [5.41, 5.74) is 0. The maximum atomic E-state index is 9.88. The molecule has 1 radical (unpaired) electrons. The third-order valence-electron chi connectivity index (χ3n) is 0. The van der Waals surface area contributed by atoms with Gasteiger partial charge in [-0.2, -0.15) is 0 Å². The summed E-state index contributed by atoms with van der Waals surface area (Å²) in [6, 6.07) is 0. The summed E-state index contributed by atoms with van der Waals surface area (Å²) in [6.07, 6.45) is 0. The second-order valence-electron chi connectivity index (χ2n) is 0.214. The molecule has 0 fully saturated rings. The van der Waals surface area contributed by atoms with E-state index < -0.39 is 24.6 Å². The summed E-state index contributed by atoms with van der Waals surface area (Å²) in [7, 11) is 0. The number of halogens is 3. The summed E-state index contributed by atoms with van der Waals surface area (Å²) < 4.78 is 29.6. The molecule has 0 bridgehead atoms. The maximum absolute atomic E-state index is 9.88. The van der Waals surface area contributed by atoms with Crippen LogP contribution in [0.25, 0.3) is 0 Å². The molecule has 0 rings (SSSR count). The zero-order valence-corrected chi connectivity index (χ0v) is 5.52. The van der Waals surface area contributed by atoms with E-state index in [-0.39, 0.29) is 0 Å². The molecule has 4 heavy (non-hydrogen) atoms. The topological polar surface area (TPSA) is 0 Å². The summed E-state index contributed by atoms with van der Waals surface area (Å²) in [6.45, 7) is 0. The van der Waals surface area contributed by atoms with Gasteiger partial charge in [-0.3, -0.25) is 0 Å². The molecule has 0 N–H and O–H groups in total. The quantitative estimate of drug-likeness (QED) is 0.570. The van der Waals surface area contributed by atoms with Crippen LogP contribution in [0.1, 0.15) is 0 Å². The average molecular weight is 264 g/mol. The van der Waals surface area contributed by atoms with E-state index in [1.807, 2.05) is 0 Å². The first-order valence-electron chi connectivity index (χ1n) is 0.567. The molecule has 0 amide bonds. The molecule has 0 aromatic heterocycles. The van der Waals surface area contributed by atoms with Gasteiger partial charge in [-0.25, -0.2) is 0 Å². The Kier molecular flexibility index (Phi) is 2.33. The Labute approximate surface area is 32.5 Å². The Bertz CT molecular complexity index is 8.00. The van der Waals surface area contributed by atoms with Crippen LogP contribution in [-0.2, 0) is 0 Å². The van der Waals surface area contributed by atoms with Gasteiger partial charge in [-0.05, 0) is 0 Å². The third-order valence-corrected chi connectivity index (χ3v) is 0. The van der Waals surface area contributed by atoms with Gasteiger partial charge in [0.2, 0.25) is 0 Å². The molecule has 0 aromatic carbocycles. The molecule has 0 atom stereocenters. The van der Waals surface area contributed by atoms with Gasteiger partial charge in [-0.1, -0.05) is 0 Å². The van der Waals surface area contributed by atoms with Gasteiger partial charge in [0.1, 0.15) is 0 Å². The molecular formula is F3Pb. The van der Waals surface area contributed by atoms with Crippen molar-refractivity contribution in [2.45, 2.75) is 0 Å². The molecule has 25 valence electrons. The van der Waals surface area contributed by atoms with Gasteiger partial charge in [0.25, 0.3) is 0 Å². The molecule has 0 spiro atoms. The van der Waals surface area contributed by atoms with Gasteiger partial charge < -0.3 is 0 Å². The van der Waals surface area contributed by atoms with Crippen LogP contribution in [-0.4, -0.2) is 24.6 Å². The molecule has 4 heteroatoms. The monoisotopic (exact) mass is 265 g/mol. The second kappa shape index (κ2) is 1.98. The average Bonchev–Trinajstić information content (AvgIpc) is 0.811. The minimum atomic E-state index is -5.16. The fourth-order valence-corrected chi connectivity index (χ4v) is 0. The van der Waals surface area contributed by atoms with Gasteiger partial charge in [0.05, 0.1) is 0 Å². The van der Waals surface area contributed by atoms with Crippen LogP contribution in [0, 0.1) is 0 Å². The molecule has 0 saturated carbocycles. The fraction of sp³-hybridized carbons (Fsp3) is 0. The van der Waals surface area contributed by atoms with Crippen molar-refractivity contribution in [2.24, 2.45) is 0 Å². The van der Waals surface area contributed by atoms with E-state index in [0.29, 0.717) is 0 Å². The molecular weight excluding hydrogens is 264 g/mol. The predicted molar refractivity (Wildman–Crippen MR) is 9.08 cm³/mol. The van der Waals surface area contributed by atoms with Crippen LogP contribution in [0.4, 0.5) is 7.53 Å². The standard InChI is InChI=1S/3FH.Pb/h3*1H;/q;;;+3/p-3. The summed E-state index contributed by atoms with van der Waals surface area (Å²) in [5, 5.41) is 0. The van der Waals surface area contributed by atoms with Gasteiger partial charge in [0, 0.05) is 0 Å². The minimum absolute atomic E-state index is 5.16. The SMILES string of the molecule is [F][Pb]([F])[F]. The van der Waals surface area contributed by atoms with E-state index in [1.165, 1.54) is 0 Å². The van der Waals surface area contributed by atoms with E-state index in [0.717, 1.165) is 0 Å². The molecule has 0 aromatic rings. The van der Waals surface area contributed by atoms with Gasteiger partial charge >= 0.3 is 32.1 Å². The van der Waals surface area contributed by atoms with Crippen LogP contribution in [0.15, 0.2) is 0 Å². The van der Waals surface area contributed by atoms with Gasteiger partial charge in [0.15, 0.2) is 0 Å². The normalized spacial score (nSPS) is 9.00. The van der Waals surface area contributed by atoms with Crippen molar-refractivity contribution in [3.63, 3.8) is 0 Å². The molecule has 0 unspecified atom stereocenters. The first kappa shape index (κ1) is 4.71. The Morgan fingerprint density at radius 1 is 1.00 bits per heavy atom. The van der Waals surface area contributed by atoms with E-state index in [2.05, 4.69) is 0 Å². The molecule has 0 aliphatic rings. The Morgan fingerprint density at radius 2 is 1.00 bits per heavy atom. The Balaban J connectivity index is 2.32. The zero-order valence-electron chi connectivity index (χ0n) is 1.63. The van der Waals surface area contributed by atoms with E-state index in [1.54, 1.807) is 0 Å². The molecule has 0 saturated heterocycles. The fourth-order valence-electron chi connectivity index (χ4n) is 0. The predicted octanol–water partition coefficient (Wildman–Crippen LogP) is 0.880. The summed E-state index contributed by atoms with van der Waals surface area (Å²) in [5.74, 6) is 0. The first-order valence-corrected chi connectivity index (χ1v) is 4.97. The van der Waals surface area contributed by atoms with E-state index in [4.69, 9.17) is 0 Å². The van der Waals surface area contributed by atoms with Crippen LogP contribution in [0.3, 0.4) is 0 Å². The zero-order chi connectivity index (χ0) is 3.58. The van der Waals surface area contributed by atoms with Crippen LogP contribution in [0.5, 0.6) is 0 Å². The van der Waals surface area contributed by atoms with Crippen LogP contribution in [0.2, 0.25) is 0 Å². The van der Waals surface area contributed by atoms with Crippen molar-refractivity contribution in [2.75, 3.05) is 0 Å². The van der Waals surface area contributed by atoms with Crippen molar-refractivity contribution in [1.82, 2.24) is 0 Å². The molecule has 0 aliphatic heterocycles. The Morgan fingerprint density at radius 3 is 1.00 bits per heavy atom. The van der Waals surface area contributed by atoms with E-state index in [9.17, 15) is 7.53 Å². The van der Waals surface area contributed by atoms with Crippen LogP contribution >= 0.6 is 0 Å². The van der Waals surface area contributed by atoms with Gasteiger partial charge in [-0.15, -0.1) is 0 Å². The molecule has 0 nitrogen and oxygen atoms in total. The first-order chi connectivity index (χ1) is 1.73. The Hall–Kier alpha value is 0.712. The van der Waals surface area contributed by atoms with E-state index >= 15 is 0 Å². The molecule has 0 heterocycles. The van der Waals surface area contributed by atoms with Crippen molar-refractivity contribution in [1.29, 1.82) is 0 Å². The van der Waals surface area contributed by atoms with Crippen LogP contribution < -0.4 is 0 Å².